The Morgan fingerprint density at radius 2 is 2.21 bits per heavy atom. The molecule has 0 bridgehead atoms. The number of carbonyl (C=O) groups excluding carboxylic acids is 2. The summed E-state index contributed by atoms with van der Waals surface area (Å²) >= 11 is 1.23. The summed E-state index contributed by atoms with van der Waals surface area (Å²) in [4.78, 5) is 30.5. The Hall–Kier alpha value is -2.15. The van der Waals surface area contributed by atoms with Crippen LogP contribution in [0.25, 0.3) is 0 Å². The number of rotatable bonds is 4. The van der Waals surface area contributed by atoms with Crippen LogP contribution in [0.3, 0.4) is 0 Å². The lowest BCUT2D eigenvalue weighted by molar-refractivity contribution is -0.114. The molecule has 0 aromatic carbocycles. The molecular formula is C12H14N4O2S. The van der Waals surface area contributed by atoms with Crippen molar-refractivity contribution in [2.45, 2.75) is 19.9 Å². The Morgan fingerprint density at radius 3 is 2.84 bits per heavy atom. The van der Waals surface area contributed by atoms with E-state index < -0.39 is 0 Å². The monoisotopic (exact) mass is 278 g/mol. The lowest BCUT2D eigenvalue weighted by atomic mass is 10.3. The van der Waals surface area contributed by atoms with Gasteiger partial charge in [-0.2, -0.15) is 0 Å². The predicted molar refractivity (Wildman–Crippen MR) is 73.1 cm³/mol. The summed E-state index contributed by atoms with van der Waals surface area (Å²) < 4.78 is 0. The van der Waals surface area contributed by atoms with Crippen molar-refractivity contribution in [3.63, 3.8) is 0 Å². The van der Waals surface area contributed by atoms with Crippen LogP contribution in [0.4, 0.5) is 5.00 Å². The molecule has 3 N–H and O–H groups in total. The van der Waals surface area contributed by atoms with Gasteiger partial charge in [0.2, 0.25) is 5.91 Å². The van der Waals surface area contributed by atoms with E-state index in [0.717, 1.165) is 0 Å². The number of anilines is 1. The fraction of sp³-hybridized carbons (Fsp3) is 0.250. The molecule has 1 unspecified atom stereocenters. The van der Waals surface area contributed by atoms with Gasteiger partial charge in [-0.25, -0.2) is 4.98 Å². The topological polar surface area (TPSA) is 86.9 Å². The smallest absolute Gasteiger partial charge is 0.262 e. The van der Waals surface area contributed by atoms with Crippen molar-refractivity contribution in [1.82, 2.24) is 15.3 Å². The number of hydrogen-bond acceptors (Lipinski definition) is 4. The van der Waals surface area contributed by atoms with Crippen LogP contribution in [0, 0.1) is 0 Å². The van der Waals surface area contributed by atoms with Crippen LogP contribution < -0.4 is 10.6 Å². The second-order valence-electron chi connectivity index (χ2n) is 4.01. The highest BCUT2D eigenvalue weighted by atomic mass is 32.1. The van der Waals surface area contributed by atoms with E-state index >= 15 is 0 Å². The SMILES string of the molecule is CC(=O)Nc1ccc(C(=O)NC(C)c2ncc[nH]2)s1. The minimum Gasteiger partial charge on any atom is -0.347 e. The highest BCUT2D eigenvalue weighted by Crippen LogP contribution is 2.22. The number of nitrogens with one attached hydrogen (secondary N) is 3. The number of imidazole rings is 1. The van der Waals surface area contributed by atoms with Gasteiger partial charge in [-0.1, -0.05) is 0 Å². The van der Waals surface area contributed by atoms with Gasteiger partial charge in [-0.15, -0.1) is 11.3 Å². The standard InChI is InChI=1S/C12H14N4O2S/c1-7(11-13-5-6-14-11)15-12(18)9-3-4-10(19-9)16-8(2)17/h3-7H,1-2H3,(H,13,14)(H,15,18)(H,16,17). The fourth-order valence-electron chi connectivity index (χ4n) is 1.55. The van der Waals surface area contributed by atoms with Gasteiger partial charge in [0.05, 0.1) is 15.9 Å². The summed E-state index contributed by atoms with van der Waals surface area (Å²) in [6.07, 6.45) is 3.34. The number of carbonyl (C=O) groups is 2. The zero-order valence-corrected chi connectivity index (χ0v) is 11.4. The van der Waals surface area contributed by atoms with Gasteiger partial charge in [0.25, 0.3) is 5.91 Å². The van der Waals surface area contributed by atoms with Crippen molar-refractivity contribution in [2.24, 2.45) is 0 Å². The maximum Gasteiger partial charge on any atom is 0.262 e. The molecule has 19 heavy (non-hydrogen) atoms. The maximum absolute atomic E-state index is 12.0. The van der Waals surface area contributed by atoms with E-state index in [0.29, 0.717) is 15.7 Å². The van der Waals surface area contributed by atoms with Gasteiger partial charge < -0.3 is 15.6 Å². The second-order valence-corrected chi connectivity index (χ2v) is 5.10. The van der Waals surface area contributed by atoms with Crippen LogP contribution in [0.5, 0.6) is 0 Å². The number of hydrogen-bond donors (Lipinski definition) is 3. The largest absolute Gasteiger partial charge is 0.347 e. The first-order valence-electron chi connectivity index (χ1n) is 5.74. The Bertz CT molecular complexity index is 576. The third kappa shape index (κ3) is 3.41. The molecule has 2 heterocycles. The number of aromatic nitrogens is 2. The molecule has 2 amide bonds. The summed E-state index contributed by atoms with van der Waals surface area (Å²) in [7, 11) is 0. The van der Waals surface area contributed by atoms with Crippen molar-refractivity contribution in [1.29, 1.82) is 0 Å². The van der Waals surface area contributed by atoms with Crippen LogP contribution in [-0.4, -0.2) is 21.8 Å². The molecule has 7 heteroatoms. The summed E-state index contributed by atoms with van der Waals surface area (Å²) in [6, 6.07) is 3.19. The molecule has 2 aromatic heterocycles. The van der Waals surface area contributed by atoms with E-state index in [1.54, 1.807) is 24.5 Å². The summed E-state index contributed by atoms with van der Waals surface area (Å²) in [6.45, 7) is 3.28. The zero-order chi connectivity index (χ0) is 13.8. The zero-order valence-electron chi connectivity index (χ0n) is 10.6. The average molecular weight is 278 g/mol. The van der Waals surface area contributed by atoms with Crippen LogP contribution in [0.1, 0.15) is 35.4 Å². The molecule has 0 spiro atoms. The molecule has 0 aliphatic rings. The van der Waals surface area contributed by atoms with E-state index in [1.165, 1.54) is 18.3 Å². The molecule has 100 valence electrons. The molecule has 2 rings (SSSR count). The van der Waals surface area contributed by atoms with Crippen molar-refractivity contribution >= 4 is 28.2 Å². The van der Waals surface area contributed by atoms with Gasteiger partial charge in [-0.3, -0.25) is 9.59 Å². The first-order valence-corrected chi connectivity index (χ1v) is 6.55. The molecule has 2 aromatic rings. The van der Waals surface area contributed by atoms with Crippen molar-refractivity contribution in [2.75, 3.05) is 5.32 Å². The van der Waals surface area contributed by atoms with Crippen molar-refractivity contribution in [3.05, 3.63) is 35.2 Å². The molecular weight excluding hydrogens is 264 g/mol. The molecule has 0 aliphatic carbocycles. The molecule has 6 nitrogen and oxygen atoms in total. The molecule has 0 saturated carbocycles. The molecule has 0 fully saturated rings. The van der Waals surface area contributed by atoms with Gasteiger partial charge in [0, 0.05) is 19.3 Å². The fourth-order valence-corrected chi connectivity index (χ4v) is 2.41. The van der Waals surface area contributed by atoms with E-state index in [2.05, 4.69) is 20.6 Å². The average Bonchev–Trinajstić information content (AvgIpc) is 2.97. The minimum absolute atomic E-state index is 0.155. The van der Waals surface area contributed by atoms with E-state index in [1.807, 2.05) is 6.92 Å². The van der Waals surface area contributed by atoms with Crippen LogP contribution >= 0.6 is 11.3 Å². The highest BCUT2D eigenvalue weighted by Gasteiger charge is 2.15. The number of H-pyrrole nitrogens is 1. The number of aromatic amines is 1. The van der Waals surface area contributed by atoms with Gasteiger partial charge >= 0.3 is 0 Å². The van der Waals surface area contributed by atoms with Crippen LogP contribution in [0.2, 0.25) is 0 Å². The Balaban J connectivity index is 2.00. The summed E-state index contributed by atoms with van der Waals surface area (Å²) in [5.41, 5.74) is 0. The van der Waals surface area contributed by atoms with E-state index in [4.69, 9.17) is 0 Å². The third-order valence-electron chi connectivity index (χ3n) is 2.41. The van der Waals surface area contributed by atoms with Crippen molar-refractivity contribution < 1.29 is 9.59 Å². The minimum atomic E-state index is -0.200. The van der Waals surface area contributed by atoms with Crippen molar-refractivity contribution in [3.8, 4) is 0 Å². The molecule has 0 radical (unpaired) electrons. The number of thiophene rings is 1. The molecule has 1 atom stereocenters. The lowest BCUT2D eigenvalue weighted by Gasteiger charge is -2.10. The number of amides is 2. The van der Waals surface area contributed by atoms with Gasteiger partial charge in [0.15, 0.2) is 0 Å². The molecule has 0 aliphatic heterocycles. The highest BCUT2D eigenvalue weighted by molar-refractivity contribution is 7.18. The first-order chi connectivity index (χ1) is 9.06. The first kappa shape index (κ1) is 13.3. The van der Waals surface area contributed by atoms with Crippen LogP contribution in [-0.2, 0) is 4.79 Å². The predicted octanol–water partition coefficient (Wildman–Crippen LogP) is 1.92. The Labute approximate surface area is 114 Å². The van der Waals surface area contributed by atoms with E-state index in [-0.39, 0.29) is 17.9 Å². The third-order valence-corrected chi connectivity index (χ3v) is 3.41. The van der Waals surface area contributed by atoms with Crippen LogP contribution in [0.15, 0.2) is 24.5 Å². The second kappa shape index (κ2) is 5.66. The normalized spacial score (nSPS) is 11.9. The van der Waals surface area contributed by atoms with Gasteiger partial charge in [-0.05, 0) is 19.1 Å². The van der Waals surface area contributed by atoms with Gasteiger partial charge in [0.1, 0.15) is 5.82 Å². The quantitative estimate of drug-likeness (QED) is 0.798. The lowest BCUT2D eigenvalue weighted by Crippen LogP contribution is -2.26. The van der Waals surface area contributed by atoms with E-state index in [9.17, 15) is 9.59 Å². The Morgan fingerprint density at radius 1 is 1.42 bits per heavy atom. The summed E-state index contributed by atoms with van der Waals surface area (Å²) in [5.74, 6) is 0.357. The Kier molecular flexibility index (Phi) is 3.96. The maximum atomic E-state index is 12.0. The molecule has 0 saturated heterocycles. The summed E-state index contributed by atoms with van der Waals surface area (Å²) in [5, 5.41) is 6.13. The number of nitrogens with zero attached hydrogens (tertiary/aromatic N) is 1.